The normalized spacial score (nSPS) is 20.7. The van der Waals surface area contributed by atoms with Gasteiger partial charge < -0.3 is 14.6 Å². The van der Waals surface area contributed by atoms with Gasteiger partial charge in [0.05, 0.1) is 11.7 Å². The molecule has 0 saturated carbocycles. The van der Waals surface area contributed by atoms with Gasteiger partial charge in [0.1, 0.15) is 0 Å². The highest BCUT2D eigenvalue weighted by Gasteiger charge is 2.42. The molecule has 2 heterocycles. The molecule has 2 rings (SSSR count). The van der Waals surface area contributed by atoms with Crippen LogP contribution in [-0.4, -0.2) is 44.5 Å². The number of hydrogen-bond acceptors (Lipinski definition) is 3. The maximum absolute atomic E-state index is 12.5. The van der Waals surface area contributed by atoms with Gasteiger partial charge in [-0.15, -0.1) is 0 Å². The number of amides is 1. The van der Waals surface area contributed by atoms with Crippen LogP contribution in [0.3, 0.4) is 0 Å². The van der Waals surface area contributed by atoms with Crippen molar-refractivity contribution < 1.29 is 14.7 Å². The largest absolute Gasteiger partial charge is 0.481 e. The average molecular weight is 333 g/mol. The molecule has 0 aromatic carbocycles. The fraction of sp³-hybridized carbons (Fsp3) is 0.611. The highest BCUT2D eigenvalue weighted by molar-refractivity contribution is 5.79. The number of allylic oxidation sites excluding steroid dienone is 2. The van der Waals surface area contributed by atoms with Gasteiger partial charge in [-0.25, -0.2) is 4.98 Å². The number of rotatable bonds is 7. The topological polar surface area (TPSA) is 75.4 Å². The number of carbonyl (C=O) groups is 2. The molecule has 24 heavy (non-hydrogen) atoms. The quantitative estimate of drug-likeness (QED) is 0.779. The second kappa shape index (κ2) is 8.13. The summed E-state index contributed by atoms with van der Waals surface area (Å²) in [5.74, 6) is -0.742. The molecule has 0 unspecified atom stereocenters. The zero-order valence-electron chi connectivity index (χ0n) is 14.6. The van der Waals surface area contributed by atoms with Gasteiger partial charge in [-0.05, 0) is 39.5 Å². The Labute approximate surface area is 143 Å². The van der Waals surface area contributed by atoms with Crippen LogP contribution in [0, 0.1) is 5.41 Å². The van der Waals surface area contributed by atoms with E-state index >= 15 is 0 Å². The molecule has 0 spiro atoms. The van der Waals surface area contributed by atoms with E-state index in [1.807, 2.05) is 30.7 Å². The van der Waals surface area contributed by atoms with Crippen LogP contribution < -0.4 is 0 Å². The van der Waals surface area contributed by atoms with Crippen LogP contribution in [0.1, 0.15) is 46.0 Å². The van der Waals surface area contributed by atoms with Crippen molar-refractivity contribution in [3.63, 3.8) is 0 Å². The Hall–Kier alpha value is -2.11. The van der Waals surface area contributed by atoms with Gasteiger partial charge >= 0.3 is 5.97 Å². The summed E-state index contributed by atoms with van der Waals surface area (Å²) in [6.07, 6.45) is 10.3. The van der Waals surface area contributed by atoms with E-state index in [9.17, 15) is 14.7 Å². The van der Waals surface area contributed by atoms with Crippen molar-refractivity contribution in [2.24, 2.45) is 5.41 Å². The lowest BCUT2D eigenvalue weighted by Gasteiger charge is -2.39. The Balaban J connectivity index is 1.93. The van der Waals surface area contributed by atoms with Gasteiger partial charge in [0.2, 0.25) is 5.91 Å². The molecule has 1 aromatic rings. The van der Waals surface area contributed by atoms with Gasteiger partial charge in [-0.3, -0.25) is 9.59 Å². The van der Waals surface area contributed by atoms with Gasteiger partial charge in [-0.1, -0.05) is 11.6 Å². The monoisotopic (exact) mass is 333 g/mol. The highest BCUT2D eigenvalue weighted by Crippen LogP contribution is 2.35. The third-order valence-electron chi connectivity index (χ3n) is 4.65. The lowest BCUT2D eigenvalue weighted by atomic mass is 9.76. The molecular formula is C18H27N3O3. The number of aromatic nitrogens is 2. The zero-order valence-corrected chi connectivity index (χ0v) is 14.6. The molecule has 6 nitrogen and oxygen atoms in total. The molecular weight excluding hydrogens is 306 g/mol. The van der Waals surface area contributed by atoms with Crippen molar-refractivity contribution in [3.05, 3.63) is 30.4 Å². The molecule has 1 N–H and O–H groups in total. The van der Waals surface area contributed by atoms with E-state index in [1.54, 1.807) is 17.4 Å². The molecule has 0 aliphatic carbocycles. The molecule has 1 atom stereocenters. The van der Waals surface area contributed by atoms with Crippen molar-refractivity contribution in [2.45, 2.75) is 52.5 Å². The Bertz CT molecular complexity index is 591. The second-order valence-electron chi connectivity index (χ2n) is 6.89. The zero-order chi connectivity index (χ0) is 17.6. The van der Waals surface area contributed by atoms with Gasteiger partial charge in [0.15, 0.2) is 0 Å². The summed E-state index contributed by atoms with van der Waals surface area (Å²) in [6.45, 7) is 5.67. The van der Waals surface area contributed by atoms with Gasteiger partial charge in [0, 0.05) is 38.4 Å². The van der Waals surface area contributed by atoms with Gasteiger partial charge in [0.25, 0.3) is 0 Å². The minimum atomic E-state index is -0.838. The minimum Gasteiger partial charge on any atom is -0.481 e. The van der Waals surface area contributed by atoms with E-state index in [4.69, 9.17) is 0 Å². The number of carboxylic acids is 1. The summed E-state index contributed by atoms with van der Waals surface area (Å²) in [7, 11) is 0. The fourth-order valence-corrected chi connectivity index (χ4v) is 3.16. The van der Waals surface area contributed by atoms with Crippen LogP contribution in [-0.2, 0) is 16.1 Å². The number of imidazole rings is 1. The second-order valence-corrected chi connectivity index (χ2v) is 6.89. The number of aryl methyl sites for hydroxylation is 1. The van der Waals surface area contributed by atoms with Crippen LogP contribution in [0.2, 0.25) is 0 Å². The molecule has 0 radical (unpaired) electrons. The number of carbonyl (C=O) groups excluding carboxylic acids is 1. The smallest absolute Gasteiger partial charge is 0.311 e. The maximum atomic E-state index is 12.5. The number of aliphatic carboxylic acids is 1. The molecule has 1 aliphatic rings. The minimum absolute atomic E-state index is 0.0534. The third-order valence-corrected chi connectivity index (χ3v) is 4.65. The van der Waals surface area contributed by atoms with E-state index in [2.05, 4.69) is 4.98 Å². The summed E-state index contributed by atoms with van der Waals surface area (Å²) < 4.78 is 1.94. The maximum Gasteiger partial charge on any atom is 0.311 e. The number of likely N-dealkylation sites (tertiary alicyclic amines) is 1. The molecule has 1 amide bonds. The Morgan fingerprint density at radius 1 is 1.38 bits per heavy atom. The van der Waals surface area contributed by atoms with Gasteiger partial charge in [-0.2, -0.15) is 0 Å². The molecule has 1 aliphatic heterocycles. The number of hydrogen-bond donors (Lipinski definition) is 1. The molecule has 1 fully saturated rings. The lowest BCUT2D eigenvalue weighted by Crippen LogP contribution is -2.49. The molecule has 6 heteroatoms. The predicted octanol–water partition coefficient (Wildman–Crippen LogP) is 2.71. The first-order valence-electron chi connectivity index (χ1n) is 8.53. The first-order valence-corrected chi connectivity index (χ1v) is 8.53. The highest BCUT2D eigenvalue weighted by atomic mass is 16.4. The summed E-state index contributed by atoms with van der Waals surface area (Å²) in [6, 6.07) is 0. The van der Waals surface area contributed by atoms with Crippen LogP contribution in [0.5, 0.6) is 0 Å². The standard InChI is InChI=1S/C18H27N3O3/c1-15(2)6-8-18(17(23)24)7-4-11-21(13-18)16(22)5-3-10-20-12-9-19-14-20/h6,9,12,14H,3-5,7-8,10-11,13H2,1-2H3,(H,23,24)/t18-/m0/s1. The van der Waals surface area contributed by atoms with E-state index in [1.165, 1.54) is 0 Å². The molecule has 1 saturated heterocycles. The number of nitrogens with zero attached hydrogens (tertiary/aromatic N) is 3. The van der Waals surface area contributed by atoms with Crippen LogP contribution in [0.25, 0.3) is 0 Å². The number of carboxylic acid groups (broad SMARTS) is 1. The summed E-state index contributed by atoms with van der Waals surface area (Å²) in [4.78, 5) is 30.0. The Kier molecular flexibility index (Phi) is 6.17. The van der Waals surface area contributed by atoms with Crippen molar-refractivity contribution in [3.8, 4) is 0 Å². The summed E-state index contributed by atoms with van der Waals surface area (Å²) in [5.41, 5.74) is 0.273. The SMILES string of the molecule is CC(C)=CC[C@@]1(C(=O)O)CCCN(C(=O)CCCn2ccnc2)C1. The Morgan fingerprint density at radius 3 is 2.79 bits per heavy atom. The number of piperidine rings is 1. The molecule has 1 aromatic heterocycles. The first kappa shape index (κ1) is 18.2. The Morgan fingerprint density at radius 2 is 2.17 bits per heavy atom. The van der Waals surface area contributed by atoms with Crippen molar-refractivity contribution in [2.75, 3.05) is 13.1 Å². The predicted molar refractivity (Wildman–Crippen MR) is 91.4 cm³/mol. The summed E-state index contributed by atoms with van der Waals surface area (Å²) in [5, 5.41) is 9.72. The van der Waals surface area contributed by atoms with E-state index < -0.39 is 11.4 Å². The first-order chi connectivity index (χ1) is 11.4. The van der Waals surface area contributed by atoms with E-state index in [-0.39, 0.29) is 5.91 Å². The van der Waals surface area contributed by atoms with Crippen LogP contribution in [0.4, 0.5) is 0 Å². The van der Waals surface area contributed by atoms with E-state index in [0.29, 0.717) is 32.4 Å². The van der Waals surface area contributed by atoms with Crippen molar-refractivity contribution >= 4 is 11.9 Å². The van der Waals surface area contributed by atoms with Crippen LogP contribution in [0.15, 0.2) is 30.4 Å². The average Bonchev–Trinajstić information content (AvgIpc) is 3.06. The van der Waals surface area contributed by atoms with E-state index in [0.717, 1.165) is 25.0 Å². The third kappa shape index (κ3) is 4.69. The van der Waals surface area contributed by atoms with Crippen molar-refractivity contribution in [1.82, 2.24) is 14.5 Å². The molecule has 132 valence electrons. The molecule has 0 bridgehead atoms. The fourth-order valence-electron chi connectivity index (χ4n) is 3.16. The lowest BCUT2D eigenvalue weighted by molar-refractivity contribution is -0.154. The summed E-state index contributed by atoms with van der Waals surface area (Å²) >= 11 is 0. The van der Waals surface area contributed by atoms with Crippen LogP contribution >= 0.6 is 0 Å². The van der Waals surface area contributed by atoms with Crippen molar-refractivity contribution in [1.29, 1.82) is 0 Å².